The van der Waals surface area contributed by atoms with Crippen molar-refractivity contribution in [2.75, 3.05) is 11.9 Å². The molecular weight excluding hydrogens is 324 g/mol. The Kier molecular flexibility index (Phi) is 5.41. The van der Waals surface area contributed by atoms with Gasteiger partial charge in [-0.25, -0.2) is 8.78 Å². The van der Waals surface area contributed by atoms with Gasteiger partial charge in [0.1, 0.15) is 22.7 Å². The van der Waals surface area contributed by atoms with Gasteiger partial charge in [-0.15, -0.1) is 11.3 Å². The van der Waals surface area contributed by atoms with E-state index in [4.69, 9.17) is 5.73 Å². The smallest absolute Gasteiger partial charge is 0.280 e. The van der Waals surface area contributed by atoms with Gasteiger partial charge in [0.15, 0.2) is 6.54 Å². The second kappa shape index (κ2) is 7.30. The van der Waals surface area contributed by atoms with Crippen LogP contribution in [0.2, 0.25) is 0 Å². The Labute approximate surface area is 135 Å². The molecule has 0 spiro atoms. The number of thiophene rings is 1. The van der Waals surface area contributed by atoms with E-state index in [1.165, 1.54) is 29.5 Å². The number of hydrogen-bond donors (Lipinski definition) is 3. The Hall–Kier alpha value is -2.32. The molecule has 0 aliphatic carbocycles. The minimum atomic E-state index is -0.650. The zero-order valence-corrected chi connectivity index (χ0v) is 13.1. The van der Waals surface area contributed by atoms with Crippen molar-refractivity contribution >= 4 is 28.2 Å². The highest BCUT2D eigenvalue weighted by atomic mass is 32.1. The van der Waals surface area contributed by atoms with Crippen LogP contribution in [0.25, 0.3) is 0 Å². The minimum Gasteiger partial charge on any atom is -0.366 e. The lowest BCUT2D eigenvalue weighted by Gasteiger charge is -2.12. The van der Waals surface area contributed by atoms with Crippen LogP contribution in [0.4, 0.5) is 13.8 Å². The SMILES string of the molecule is C[C@@H]([NH2+]CC(=O)Nc1sccc1C(N)=O)c1ccc(F)cc1F. The van der Waals surface area contributed by atoms with Gasteiger partial charge in [-0.05, 0) is 30.5 Å². The summed E-state index contributed by atoms with van der Waals surface area (Å²) in [4.78, 5) is 23.1. The van der Waals surface area contributed by atoms with Gasteiger partial charge in [-0.2, -0.15) is 0 Å². The molecule has 0 bridgehead atoms. The van der Waals surface area contributed by atoms with Gasteiger partial charge in [0.2, 0.25) is 0 Å². The maximum atomic E-state index is 13.7. The van der Waals surface area contributed by atoms with Crippen molar-refractivity contribution in [1.29, 1.82) is 0 Å². The normalized spacial score (nSPS) is 12.0. The third-order valence-corrected chi connectivity index (χ3v) is 4.12. The van der Waals surface area contributed by atoms with Crippen molar-refractivity contribution in [2.45, 2.75) is 13.0 Å². The maximum Gasteiger partial charge on any atom is 0.280 e. The fraction of sp³-hybridized carbons (Fsp3) is 0.200. The van der Waals surface area contributed by atoms with E-state index >= 15 is 0 Å². The number of halogens is 2. The van der Waals surface area contributed by atoms with E-state index in [0.717, 1.165) is 6.07 Å². The number of amides is 2. The van der Waals surface area contributed by atoms with Crippen LogP contribution < -0.4 is 16.4 Å². The molecule has 5 nitrogen and oxygen atoms in total. The van der Waals surface area contributed by atoms with E-state index in [0.29, 0.717) is 10.6 Å². The summed E-state index contributed by atoms with van der Waals surface area (Å²) in [6, 6.07) is 4.51. The quantitative estimate of drug-likeness (QED) is 0.742. The van der Waals surface area contributed by atoms with Crippen LogP contribution in [-0.4, -0.2) is 18.4 Å². The van der Waals surface area contributed by atoms with Gasteiger partial charge in [0.25, 0.3) is 11.8 Å². The molecule has 1 heterocycles. The van der Waals surface area contributed by atoms with E-state index < -0.39 is 17.5 Å². The summed E-state index contributed by atoms with van der Waals surface area (Å²) in [7, 11) is 0. The van der Waals surface area contributed by atoms with Gasteiger partial charge in [-0.3, -0.25) is 9.59 Å². The Morgan fingerprint density at radius 1 is 1.35 bits per heavy atom. The second-order valence-corrected chi connectivity index (χ2v) is 5.89. The molecule has 5 N–H and O–H groups in total. The number of nitrogens with one attached hydrogen (secondary N) is 1. The van der Waals surface area contributed by atoms with E-state index in [-0.39, 0.29) is 24.1 Å². The minimum absolute atomic E-state index is 0.0219. The lowest BCUT2D eigenvalue weighted by atomic mass is 10.1. The molecule has 0 unspecified atom stereocenters. The average molecular weight is 340 g/mol. The largest absolute Gasteiger partial charge is 0.366 e. The van der Waals surface area contributed by atoms with Crippen LogP contribution in [0.15, 0.2) is 29.6 Å². The summed E-state index contributed by atoms with van der Waals surface area (Å²) in [5, 5.41) is 6.24. The number of anilines is 1. The van der Waals surface area contributed by atoms with Gasteiger partial charge in [0, 0.05) is 11.6 Å². The molecule has 0 saturated heterocycles. The lowest BCUT2D eigenvalue weighted by Crippen LogP contribution is -2.86. The Morgan fingerprint density at radius 2 is 2.09 bits per heavy atom. The summed E-state index contributed by atoms with van der Waals surface area (Å²) in [5.41, 5.74) is 5.76. The van der Waals surface area contributed by atoms with Crippen molar-refractivity contribution in [1.82, 2.24) is 0 Å². The Morgan fingerprint density at radius 3 is 2.74 bits per heavy atom. The van der Waals surface area contributed by atoms with Crippen LogP contribution in [0.1, 0.15) is 28.9 Å². The zero-order chi connectivity index (χ0) is 17.0. The first-order chi connectivity index (χ1) is 10.9. The van der Waals surface area contributed by atoms with E-state index in [1.807, 2.05) is 0 Å². The highest BCUT2D eigenvalue weighted by molar-refractivity contribution is 7.14. The van der Waals surface area contributed by atoms with E-state index in [2.05, 4.69) is 5.32 Å². The summed E-state index contributed by atoms with van der Waals surface area (Å²) in [5.74, 6) is -2.26. The first-order valence-corrected chi connectivity index (χ1v) is 7.72. The van der Waals surface area contributed by atoms with Crippen LogP contribution in [0.3, 0.4) is 0 Å². The molecule has 2 rings (SSSR count). The molecule has 0 aliphatic heterocycles. The number of nitrogens with two attached hydrogens (primary N) is 2. The van der Waals surface area contributed by atoms with Crippen LogP contribution in [0.5, 0.6) is 0 Å². The molecule has 0 fully saturated rings. The van der Waals surface area contributed by atoms with Crippen molar-refractivity contribution in [3.05, 3.63) is 52.4 Å². The lowest BCUT2D eigenvalue weighted by molar-refractivity contribution is -0.682. The number of carbonyl (C=O) groups is 2. The van der Waals surface area contributed by atoms with Crippen LogP contribution >= 0.6 is 11.3 Å². The van der Waals surface area contributed by atoms with E-state index in [9.17, 15) is 18.4 Å². The number of primary amides is 1. The number of benzene rings is 1. The Bertz CT molecular complexity index is 733. The number of quaternary nitrogens is 1. The summed E-state index contributed by atoms with van der Waals surface area (Å²) in [6.45, 7) is 1.73. The summed E-state index contributed by atoms with van der Waals surface area (Å²) in [6.07, 6.45) is 0. The van der Waals surface area contributed by atoms with Crippen LogP contribution in [0, 0.1) is 11.6 Å². The first-order valence-electron chi connectivity index (χ1n) is 6.84. The molecule has 8 heteroatoms. The second-order valence-electron chi connectivity index (χ2n) is 4.97. The number of carbonyl (C=O) groups excluding carboxylic acids is 2. The number of rotatable bonds is 6. The zero-order valence-electron chi connectivity index (χ0n) is 12.3. The van der Waals surface area contributed by atoms with Gasteiger partial charge in [0.05, 0.1) is 5.56 Å². The van der Waals surface area contributed by atoms with Crippen molar-refractivity contribution in [3.63, 3.8) is 0 Å². The topological polar surface area (TPSA) is 88.8 Å². The van der Waals surface area contributed by atoms with Crippen molar-refractivity contribution < 1.29 is 23.7 Å². The first kappa shape index (κ1) is 17.0. The van der Waals surface area contributed by atoms with Gasteiger partial charge >= 0.3 is 0 Å². The Balaban J connectivity index is 1.93. The number of hydrogen-bond acceptors (Lipinski definition) is 3. The highest BCUT2D eigenvalue weighted by Gasteiger charge is 2.17. The molecule has 1 aromatic carbocycles. The van der Waals surface area contributed by atoms with E-state index in [1.54, 1.807) is 17.6 Å². The van der Waals surface area contributed by atoms with Crippen molar-refractivity contribution in [2.24, 2.45) is 5.73 Å². The van der Waals surface area contributed by atoms with Gasteiger partial charge in [-0.1, -0.05) is 0 Å². The average Bonchev–Trinajstić information content (AvgIpc) is 2.93. The van der Waals surface area contributed by atoms with Crippen LogP contribution in [-0.2, 0) is 4.79 Å². The predicted octanol–water partition coefficient (Wildman–Crippen LogP) is 1.39. The molecule has 2 aromatic rings. The molecule has 122 valence electrons. The maximum absolute atomic E-state index is 13.7. The molecule has 0 aliphatic rings. The molecular formula is C15H16F2N3O2S+. The monoisotopic (exact) mass is 340 g/mol. The third-order valence-electron chi connectivity index (χ3n) is 3.29. The highest BCUT2D eigenvalue weighted by Crippen LogP contribution is 2.22. The summed E-state index contributed by atoms with van der Waals surface area (Å²) >= 11 is 1.19. The fourth-order valence-corrected chi connectivity index (χ4v) is 2.87. The van der Waals surface area contributed by atoms with Gasteiger partial charge < -0.3 is 16.4 Å². The van der Waals surface area contributed by atoms with Crippen molar-refractivity contribution in [3.8, 4) is 0 Å². The summed E-state index contributed by atoms with van der Waals surface area (Å²) < 4.78 is 26.6. The fourth-order valence-electron chi connectivity index (χ4n) is 2.06. The molecule has 0 radical (unpaired) electrons. The molecule has 0 saturated carbocycles. The predicted molar refractivity (Wildman–Crippen MR) is 83.0 cm³/mol. The molecule has 2 amide bonds. The third kappa shape index (κ3) is 4.33. The molecule has 1 aromatic heterocycles. The molecule has 1 atom stereocenters. The standard InChI is InChI=1S/C15H15F2N3O2S/c1-8(10-3-2-9(16)6-12(10)17)19-7-13(21)20-15-11(14(18)22)4-5-23-15/h2-6,8,19H,7H2,1H3,(H2,18,22)(H,20,21)/p+1/t8-/m1/s1. The molecule has 23 heavy (non-hydrogen) atoms.